The summed E-state index contributed by atoms with van der Waals surface area (Å²) in [6.45, 7) is 3.90. The van der Waals surface area contributed by atoms with Crippen LogP contribution in [-0.2, 0) is 6.42 Å². The summed E-state index contributed by atoms with van der Waals surface area (Å²) in [5.41, 5.74) is 6.80. The van der Waals surface area contributed by atoms with Gasteiger partial charge in [-0.05, 0) is 32.2 Å². The zero-order valence-corrected chi connectivity index (χ0v) is 12.0. The molecule has 0 unspecified atom stereocenters. The maximum atomic E-state index is 5.68. The lowest BCUT2D eigenvalue weighted by atomic mass is 9.94. The number of nitrogens with two attached hydrogens (primary N) is 1. The minimum Gasteiger partial charge on any atom is -0.353 e. The summed E-state index contributed by atoms with van der Waals surface area (Å²) < 4.78 is 0. The monoisotopic (exact) mass is 262 g/mol. The third-order valence-corrected chi connectivity index (χ3v) is 3.98. The van der Waals surface area contributed by atoms with Crippen LogP contribution in [0.25, 0.3) is 0 Å². The molecule has 1 fully saturated rings. The molecule has 2 N–H and O–H groups in total. The van der Waals surface area contributed by atoms with Gasteiger partial charge in [-0.2, -0.15) is 0 Å². The van der Waals surface area contributed by atoms with Crippen molar-refractivity contribution < 1.29 is 0 Å². The molecule has 1 aliphatic carbocycles. The largest absolute Gasteiger partial charge is 0.353 e. The number of aromatic nitrogens is 2. The Balaban J connectivity index is 2.14. The van der Waals surface area contributed by atoms with Gasteiger partial charge in [-0.1, -0.05) is 26.2 Å². The molecule has 106 valence electrons. The van der Waals surface area contributed by atoms with Crippen LogP contribution in [0.3, 0.4) is 0 Å². The van der Waals surface area contributed by atoms with Gasteiger partial charge < -0.3 is 10.6 Å². The van der Waals surface area contributed by atoms with Crippen LogP contribution in [-0.4, -0.2) is 29.1 Å². The van der Waals surface area contributed by atoms with Gasteiger partial charge in [0.15, 0.2) is 0 Å². The smallest absolute Gasteiger partial charge is 0.132 e. The predicted molar refractivity (Wildman–Crippen MR) is 79.3 cm³/mol. The molecule has 0 bridgehead atoms. The van der Waals surface area contributed by atoms with E-state index in [1.807, 2.05) is 0 Å². The molecule has 1 aliphatic rings. The SMILES string of the molecule is CCc1cc(N(CCCN)C2CCCCC2)ncn1. The van der Waals surface area contributed by atoms with Crippen molar-refractivity contribution in [3.8, 4) is 0 Å². The molecular weight excluding hydrogens is 236 g/mol. The number of hydrogen-bond donors (Lipinski definition) is 1. The normalized spacial score (nSPS) is 16.5. The van der Waals surface area contributed by atoms with Gasteiger partial charge in [-0.3, -0.25) is 0 Å². The highest BCUT2D eigenvalue weighted by atomic mass is 15.2. The molecule has 0 amide bonds. The van der Waals surface area contributed by atoms with Crippen molar-refractivity contribution in [2.75, 3.05) is 18.0 Å². The lowest BCUT2D eigenvalue weighted by Gasteiger charge is -2.35. The van der Waals surface area contributed by atoms with E-state index in [0.717, 1.165) is 37.4 Å². The first kappa shape index (κ1) is 14.3. The predicted octanol–water partition coefficient (Wildman–Crippen LogP) is 2.53. The first-order valence-corrected chi connectivity index (χ1v) is 7.62. The van der Waals surface area contributed by atoms with Crippen LogP contribution in [0.2, 0.25) is 0 Å². The summed E-state index contributed by atoms with van der Waals surface area (Å²) in [7, 11) is 0. The number of anilines is 1. The van der Waals surface area contributed by atoms with E-state index in [9.17, 15) is 0 Å². The lowest BCUT2D eigenvalue weighted by molar-refractivity contribution is 0.411. The van der Waals surface area contributed by atoms with Crippen molar-refractivity contribution in [3.63, 3.8) is 0 Å². The lowest BCUT2D eigenvalue weighted by Crippen LogP contribution is -2.39. The third-order valence-electron chi connectivity index (χ3n) is 3.98. The molecule has 2 rings (SSSR count). The summed E-state index contributed by atoms with van der Waals surface area (Å²) in [4.78, 5) is 11.3. The summed E-state index contributed by atoms with van der Waals surface area (Å²) in [6, 6.07) is 2.78. The van der Waals surface area contributed by atoms with Crippen LogP contribution in [0.5, 0.6) is 0 Å². The van der Waals surface area contributed by atoms with Gasteiger partial charge in [0.25, 0.3) is 0 Å². The molecule has 0 aromatic carbocycles. The Hall–Kier alpha value is -1.16. The van der Waals surface area contributed by atoms with Gasteiger partial charge in [0.2, 0.25) is 0 Å². The fraction of sp³-hybridized carbons (Fsp3) is 0.733. The van der Waals surface area contributed by atoms with Gasteiger partial charge >= 0.3 is 0 Å². The molecule has 4 nitrogen and oxygen atoms in total. The molecule has 4 heteroatoms. The van der Waals surface area contributed by atoms with Crippen molar-refractivity contribution in [2.24, 2.45) is 5.73 Å². The minimum atomic E-state index is 0.639. The highest BCUT2D eigenvalue weighted by molar-refractivity contribution is 5.40. The van der Waals surface area contributed by atoms with Gasteiger partial charge in [-0.15, -0.1) is 0 Å². The second-order valence-electron chi connectivity index (χ2n) is 5.35. The van der Waals surface area contributed by atoms with E-state index < -0.39 is 0 Å². The van der Waals surface area contributed by atoms with Crippen molar-refractivity contribution in [1.29, 1.82) is 0 Å². The van der Waals surface area contributed by atoms with Crippen LogP contribution < -0.4 is 10.6 Å². The number of hydrogen-bond acceptors (Lipinski definition) is 4. The zero-order chi connectivity index (χ0) is 13.5. The Morgan fingerprint density at radius 2 is 2.05 bits per heavy atom. The molecule has 0 radical (unpaired) electrons. The molecular formula is C15H26N4. The molecule has 19 heavy (non-hydrogen) atoms. The molecule has 0 saturated heterocycles. The van der Waals surface area contributed by atoms with Crippen LogP contribution in [0.4, 0.5) is 5.82 Å². The summed E-state index contributed by atoms with van der Waals surface area (Å²) in [5.74, 6) is 1.09. The fourth-order valence-electron chi connectivity index (χ4n) is 2.87. The molecule has 1 heterocycles. The minimum absolute atomic E-state index is 0.639. The van der Waals surface area contributed by atoms with Gasteiger partial charge in [0.05, 0.1) is 0 Å². The highest BCUT2D eigenvalue weighted by Crippen LogP contribution is 2.26. The van der Waals surface area contributed by atoms with Crippen LogP contribution in [0, 0.1) is 0 Å². The quantitative estimate of drug-likeness (QED) is 0.856. The van der Waals surface area contributed by atoms with Crippen molar-refractivity contribution >= 4 is 5.82 Å². The Morgan fingerprint density at radius 1 is 1.26 bits per heavy atom. The van der Waals surface area contributed by atoms with Crippen molar-refractivity contribution in [1.82, 2.24) is 9.97 Å². The molecule has 1 aromatic heterocycles. The highest BCUT2D eigenvalue weighted by Gasteiger charge is 2.22. The summed E-state index contributed by atoms with van der Waals surface area (Å²) in [6.07, 6.45) is 10.3. The van der Waals surface area contributed by atoms with Crippen molar-refractivity contribution in [3.05, 3.63) is 18.1 Å². The van der Waals surface area contributed by atoms with E-state index in [2.05, 4.69) is 27.9 Å². The summed E-state index contributed by atoms with van der Waals surface area (Å²) >= 11 is 0. The van der Waals surface area contributed by atoms with E-state index in [-0.39, 0.29) is 0 Å². The molecule has 0 atom stereocenters. The van der Waals surface area contributed by atoms with E-state index >= 15 is 0 Å². The average molecular weight is 262 g/mol. The Labute approximate surface area is 116 Å². The van der Waals surface area contributed by atoms with Crippen LogP contribution >= 0.6 is 0 Å². The summed E-state index contributed by atoms with van der Waals surface area (Å²) in [5, 5.41) is 0. The molecule has 0 spiro atoms. The van der Waals surface area contributed by atoms with Gasteiger partial charge in [0, 0.05) is 24.3 Å². The maximum absolute atomic E-state index is 5.68. The standard InChI is InChI=1S/C15H26N4/c1-2-13-11-15(18-12-17-13)19(10-6-9-16)14-7-4-3-5-8-14/h11-12,14H,2-10,16H2,1H3. The fourth-order valence-corrected chi connectivity index (χ4v) is 2.87. The Morgan fingerprint density at radius 3 is 2.74 bits per heavy atom. The number of rotatable bonds is 6. The van der Waals surface area contributed by atoms with Gasteiger partial charge in [0.1, 0.15) is 12.1 Å². The molecule has 1 aromatic rings. The zero-order valence-electron chi connectivity index (χ0n) is 12.0. The second-order valence-corrected chi connectivity index (χ2v) is 5.35. The van der Waals surface area contributed by atoms with E-state index in [1.54, 1.807) is 6.33 Å². The Bertz CT molecular complexity index is 374. The van der Waals surface area contributed by atoms with Crippen LogP contribution in [0.15, 0.2) is 12.4 Å². The third kappa shape index (κ3) is 3.90. The topological polar surface area (TPSA) is 55.0 Å². The maximum Gasteiger partial charge on any atom is 0.132 e. The van der Waals surface area contributed by atoms with E-state index in [1.165, 1.54) is 32.1 Å². The average Bonchev–Trinajstić information content (AvgIpc) is 2.49. The number of nitrogens with zero attached hydrogens (tertiary/aromatic N) is 3. The Kier molecular flexibility index (Phi) is 5.58. The number of aryl methyl sites for hydroxylation is 1. The van der Waals surface area contributed by atoms with Gasteiger partial charge in [-0.25, -0.2) is 9.97 Å². The van der Waals surface area contributed by atoms with E-state index in [4.69, 9.17) is 5.73 Å². The van der Waals surface area contributed by atoms with Crippen LogP contribution in [0.1, 0.15) is 51.1 Å². The molecule has 0 aliphatic heterocycles. The van der Waals surface area contributed by atoms with Crippen molar-refractivity contribution in [2.45, 2.75) is 57.9 Å². The first-order valence-electron chi connectivity index (χ1n) is 7.62. The second kappa shape index (κ2) is 7.43. The molecule has 1 saturated carbocycles. The first-order chi connectivity index (χ1) is 9.35. The van der Waals surface area contributed by atoms with E-state index in [0.29, 0.717) is 6.04 Å².